The number of carboxylic acid groups (broad SMARTS) is 2. The van der Waals surface area contributed by atoms with Crippen LogP contribution in [0.3, 0.4) is 0 Å². The van der Waals surface area contributed by atoms with Gasteiger partial charge in [-0.2, -0.15) is 0 Å². The van der Waals surface area contributed by atoms with Gasteiger partial charge in [-0.3, -0.25) is 19.2 Å². The molecule has 0 aliphatic carbocycles. The molecular weight excluding hydrogens is 408 g/mol. The highest BCUT2D eigenvalue weighted by Gasteiger charge is 2.10. The van der Waals surface area contributed by atoms with Gasteiger partial charge >= 0.3 is 17.9 Å². The van der Waals surface area contributed by atoms with Crippen molar-refractivity contribution in [2.45, 2.75) is 19.3 Å². The Balaban J connectivity index is 2.66. The van der Waals surface area contributed by atoms with Crippen LogP contribution >= 0.6 is 0 Å². The van der Waals surface area contributed by atoms with E-state index >= 15 is 0 Å². The van der Waals surface area contributed by atoms with Crippen molar-refractivity contribution in [2.75, 3.05) is 33.4 Å². The van der Waals surface area contributed by atoms with Crippen molar-refractivity contribution in [2.24, 2.45) is 0 Å². The lowest BCUT2D eigenvalue weighted by molar-refractivity contribution is -0.139. The first kappa shape index (κ1) is 24.7. The van der Waals surface area contributed by atoms with Crippen LogP contribution in [0.15, 0.2) is 18.2 Å². The molecule has 12 nitrogen and oxygen atoms in total. The van der Waals surface area contributed by atoms with Crippen LogP contribution in [0.4, 0.5) is 0 Å². The van der Waals surface area contributed by atoms with E-state index in [4.69, 9.17) is 33.9 Å². The first-order valence-electron chi connectivity index (χ1n) is 8.66. The van der Waals surface area contributed by atoms with E-state index in [0.717, 1.165) is 0 Å². The monoisotopic (exact) mass is 430 g/mol. The van der Waals surface area contributed by atoms with Crippen LogP contribution in [0.5, 0.6) is 17.2 Å². The van der Waals surface area contributed by atoms with Crippen LogP contribution < -0.4 is 14.2 Å². The number of aliphatic carboxylic acids is 2. The SMILES string of the molecule is O=COCCC(=O)Oc1cc(OCOCCC(=O)O)cc(OCOCCC(=O)O)c1. The summed E-state index contributed by atoms with van der Waals surface area (Å²) in [4.78, 5) is 42.8. The average molecular weight is 430 g/mol. The molecule has 0 amide bonds. The lowest BCUT2D eigenvalue weighted by Gasteiger charge is -2.12. The minimum Gasteiger partial charge on any atom is -0.481 e. The smallest absolute Gasteiger partial charge is 0.314 e. The quantitative estimate of drug-likeness (QED) is 0.118. The predicted molar refractivity (Wildman–Crippen MR) is 96.1 cm³/mol. The first-order chi connectivity index (χ1) is 14.4. The molecule has 1 rings (SSSR count). The number of carbonyl (C=O) groups is 4. The van der Waals surface area contributed by atoms with Crippen molar-refractivity contribution in [1.82, 2.24) is 0 Å². The zero-order valence-corrected chi connectivity index (χ0v) is 15.9. The van der Waals surface area contributed by atoms with E-state index in [9.17, 15) is 19.2 Å². The summed E-state index contributed by atoms with van der Waals surface area (Å²) in [6.45, 7) is -0.555. The number of hydrogen-bond acceptors (Lipinski definition) is 10. The minimum absolute atomic E-state index is 0.0541. The molecule has 0 saturated carbocycles. The van der Waals surface area contributed by atoms with Gasteiger partial charge < -0.3 is 38.6 Å². The lowest BCUT2D eigenvalue weighted by Crippen LogP contribution is -2.12. The van der Waals surface area contributed by atoms with Crippen LogP contribution in [0.25, 0.3) is 0 Å². The van der Waals surface area contributed by atoms with Crippen LogP contribution in [0.2, 0.25) is 0 Å². The van der Waals surface area contributed by atoms with Crippen molar-refractivity contribution in [3.8, 4) is 17.2 Å². The summed E-state index contributed by atoms with van der Waals surface area (Å²) in [5.74, 6) is -2.24. The summed E-state index contributed by atoms with van der Waals surface area (Å²) in [5.41, 5.74) is 0. The highest BCUT2D eigenvalue weighted by molar-refractivity contribution is 5.73. The molecule has 0 aromatic heterocycles. The zero-order chi connectivity index (χ0) is 22.2. The Hall–Kier alpha value is -3.38. The number of carbonyl (C=O) groups excluding carboxylic acids is 2. The van der Waals surface area contributed by atoms with Crippen molar-refractivity contribution in [3.05, 3.63) is 18.2 Å². The molecular formula is C18H22O12. The molecule has 0 atom stereocenters. The number of ether oxygens (including phenoxy) is 6. The fourth-order valence-electron chi connectivity index (χ4n) is 1.80. The maximum atomic E-state index is 11.8. The summed E-state index contributed by atoms with van der Waals surface area (Å²) < 4.78 is 30.3. The number of carboxylic acids is 2. The van der Waals surface area contributed by atoms with Gasteiger partial charge in [-0.05, 0) is 0 Å². The number of rotatable bonds is 17. The van der Waals surface area contributed by atoms with Crippen molar-refractivity contribution in [1.29, 1.82) is 0 Å². The largest absolute Gasteiger partial charge is 0.481 e. The summed E-state index contributed by atoms with van der Waals surface area (Å²) in [7, 11) is 0. The van der Waals surface area contributed by atoms with Crippen molar-refractivity contribution in [3.63, 3.8) is 0 Å². The molecule has 0 aliphatic heterocycles. The topological polar surface area (TPSA) is 164 Å². The molecule has 1 aromatic carbocycles. The van der Waals surface area contributed by atoms with Gasteiger partial charge in [-0.25, -0.2) is 0 Å². The predicted octanol–water partition coefficient (Wildman–Crippen LogP) is 0.810. The molecule has 12 heteroatoms. The van der Waals surface area contributed by atoms with Gasteiger partial charge in [0.15, 0.2) is 13.6 Å². The van der Waals surface area contributed by atoms with E-state index < -0.39 is 17.9 Å². The maximum Gasteiger partial charge on any atom is 0.314 e. The lowest BCUT2D eigenvalue weighted by atomic mass is 10.3. The van der Waals surface area contributed by atoms with E-state index in [2.05, 4.69) is 4.74 Å². The third-order valence-corrected chi connectivity index (χ3v) is 3.12. The second-order valence-corrected chi connectivity index (χ2v) is 5.46. The van der Waals surface area contributed by atoms with Crippen LogP contribution in [-0.2, 0) is 33.4 Å². The Morgan fingerprint density at radius 1 is 0.767 bits per heavy atom. The Labute approximate surface area is 171 Å². The van der Waals surface area contributed by atoms with E-state index in [1.807, 2.05) is 0 Å². The van der Waals surface area contributed by atoms with Gasteiger partial charge in [0, 0.05) is 18.2 Å². The normalized spacial score (nSPS) is 10.1. The Bertz CT molecular complexity index is 660. The second-order valence-electron chi connectivity index (χ2n) is 5.46. The van der Waals surface area contributed by atoms with Gasteiger partial charge in [0.2, 0.25) is 0 Å². The Morgan fingerprint density at radius 3 is 1.73 bits per heavy atom. The standard InChI is InChI=1S/C18H22O12/c19-10-25-6-3-18(24)30-15-8-13(28-11-26-4-1-16(20)21)7-14(9-15)29-12-27-5-2-17(22)23/h7-10H,1-6,11-12H2,(H,20,21)(H,22,23). The van der Waals surface area contributed by atoms with Gasteiger partial charge in [0.1, 0.15) is 23.9 Å². The molecule has 0 heterocycles. The highest BCUT2D eigenvalue weighted by atomic mass is 16.7. The molecule has 0 spiro atoms. The molecule has 0 saturated heterocycles. The highest BCUT2D eigenvalue weighted by Crippen LogP contribution is 2.28. The fraction of sp³-hybridized carbons (Fsp3) is 0.444. The molecule has 0 unspecified atom stereocenters. The Kier molecular flexibility index (Phi) is 12.0. The average Bonchev–Trinajstić information content (AvgIpc) is 2.67. The van der Waals surface area contributed by atoms with Crippen LogP contribution in [0, 0.1) is 0 Å². The van der Waals surface area contributed by atoms with E-state index in [0.29, 0.717) is 0 Å². The fourth-order valence-corrected chi connectivity index (χ4v) is 1.80. The van der Waals surface area contributed by atoms with Gasteiger partial charge in [0.25, 0.3) is 6.47 Å². The van der Waals surface area contributed by atoms with Crippen LogP contribution in [-0.4, -0.2) is 68.0 Å². The van der Waals surface area contributed by atoms with Gasteiger partial charge in [-0.1, -0.05) is 0 Å². The number of benzene rings is 1. The summed E-state index contributed by atoms with van der Waals surface area (Å²) in [6.07, 6.45) is -0.547. The molecule has 0 bridgehead atoms. The van der Waals surface area contributed by atoms with Gasteiger partial charge in [0.05, 0.1) is 32.5 Å². The molecule has 0 aliphatic rings. The van der Waals surface area contributed by atoms with Gasteiger partial charge in [-0.15, -0.1) is 0 Å². The third-order valence-electron chi connectivity index (χ3n) is 3.12. The summed E-state index contributed by atoms with van der Waals surface area (Å²) in [6, 6.07) is 4.18. The Morgan fingerprint density at radius 2 is 1.27 bits per heavy atom. The number of esters is 1. The molecule has 166 valence electrons. The van der Waals surface area contributed by atoms with Crippen LogP contribution in [0.1, 0.15) is 19.3 Å². The molecule has 30 heavy (non-hydrogen) atoms. The van der Waals surface area contributed by atoms with Crippen molar-refractivity contribution < 1.29 is 57.8 Å². The molecule has 0 radical (unpaired) electrons. The molecule has 1 aromatic rings. The molecule has 0 fully saturated rings. The third kappa shape index (κ3) is 12.2. The maximum absolute atomic E-state index is 11.8. The second kappa shape index (κ2) is 14.6. The van der Waals surface area contributed by atoms with E-state index in [-0.39, 0.29) is 76.4 Å². The first-order valence-corrected chi connectivity index (χ1v) is 8.66. The van der Waals surface area contributed by atoms with E-state index in [1.54, 1.807) is 0 Å². The molecule has 2 N–H and O–H groups in total. The van der Waals surface area contributed by atoms with Crippen molar-refractivity contribution >= 4 is 24.4 Å². The minimum atomic E-state index is -1.01. The number of hydrogen-bond donors (Lipinski definition) is 2. The summed E-state index contributed by atoms with van der Waals surface area (Å²) >= 11 is 0. The summed E-state index contributed by atoms with van der Waals surface area (Å²) in [5, 5.41) is 17.1. The van der Waals surface area contributed by atoms with E-state index in [1.165, 1.54) is 18.2 Å². The zero-order valence-electron chi connectivity index (χ0n) is 15.9.